The van der Waals surface area contributed by atoms with Gasteiger partial charge in [0, 0.05) is 19.2 Å². The molecule has 0 unspecified atom stereocenters. The van der Waals surface area contributed by atoms with Crippen LogP contribution in [0.4, 0.5) is 0 Å². The standard InChI is InChI=1S/C20H32N6O/c1-5-7-8-11-27-18-12-16(3)9-10-17(18)13-22-20(21-6-2)23-14-19-24-15-25-26(19)4/h9-10,12,15H,5-8,11,13-14H2,1-4H3,(H2,21,22,23). The number of benzene rings is 1. The van der Waals surface area contributed by atoms with Crippen LogP contribution in [-0.4, -0.2) is 33.9 Å². The Hall–Kier alpha value is -2.57. The molecular weight excluding hydrogens is 340 g/mol. The van der Waals surface area contributed by atoms with Crippen LogP contribution in [0.2, 0.25) is 0 Å². The van der Waals surface area contributed by atoms with Crippen LogP contribution in [-0.2, 0) is 20.1 Å². The van der Waals surface area contributed by atoms with E-state index in [4.69, 9.17) is 9.73 Å². The Morgan fingerprint density at radius 3 is 2.78 bits per heavy atom. The zero-order valence-electron chi connectivity index (χ0n) is 17.0. The maximum atomic E-state index is 6.02. The molecule has 1 aromatic heterocycles. The average molecular weight is 373 g/mol. The van der Waals surface area contributed by atoms with Crippen LogP contribution in [0.5, 0.6) is 5.75 Å². The minimum Gasteiger partial charge on any atom is -0.493 e. The molecule has 2 aromatic rings. The largest absolute Gasteiger partial charge is 0.493 e. The molecule has 0 aliphatic carbocycles. The van der Waals surface area contributed by atoms with Crippen LogP contribution in [0.3, 0.4) is 0 Å². The maximum Gasteiger partial charge on any atom is 0.191 e. The van der Waals surface area contributed by atoms with Gasteiger partial charge in [-0.15, -0.1) is 0 Å². The number of aliphatic imine (C=N–C) groups is 1. The number of hydrogen-bond donors (Lipinski definition) is 2. The van der Waals surface area contributed by atoms with E-state index in [1.54, 1.807) is 11.0 Å². The number of unbranched alkanes of at least 4 members (excludes halogenated alkanes) is 2. The summed E-state index contributed by atoms with van der Waals surface area (Å²) in [4.78, 5) is 8.93. The molecule has 148 valence electrons. The van der Waals surface area contributed by atoms with Gasteiger partial charge < -0.3 is 15.4 Å². The summed E-state index contributed by atoms with van der Waals surface area (Å²) in [7, 11) is 1.88. The van der Waals surface area contributed by atoms with Gasteiger partial charge in [-0.3, -0.25) is 4.68 Å². The van der Waals surface area contributed by atoms with Crippen LogP contribution in [0.15, 0.2) is 29.5 Å². The summed E-state index contributed by atoms with van der Waals surface area (Å²) in [5.41, 5.74) is 2.29. The van der Waals surface area contributed by atoms with Crippen molar-refractivity contribution in [2.24, 2.45) is 12.0 Å². The van der Waals surface area contributed by atoms with E-state index in [0.717, 1.165) is 42.7 Å². The van der Waals surface area contributed by atoms with Crippen LogP contribution < -0.4 is 15.4 Å². The van der Waals surface area contributed by atoms with Crippen molar-refractivity contribution in [3.05, 3.63) is 41.5 Å². The lowest BCUT2D eigenvalue weighted by molar-refractivity contribution is 0.303. The summed E-state index contributed by atoms with van der Waals surface area (Å²) in [5.74, 6) is 2.54. The molecule has 7 nitrogen and oxygen atoms in total. The van der Waals surface area contributed by atoms with Gasteiger partial charge in [-0.05, 0) is 31.9 Å². The van der Waals surface area contributed by atoms with E-state index >= 15 is 0 Å². The molecule has 7 heteroatoms. The second-order valence-corrected chi connectivity index (χ2v) is 6.52. The number of rotatable bonds is 10. The normalized spacial score (nSPS) is 11.5. The van der Waals surface area contributed by atoms with Gasteiger partial charge in [0.2, 0.25) is 0 Å². The van der Waals surface area contributed by atoms with Crippen molar-refractivity contribution >= 4 is 5.96 Å². The molecule has 0 radical (unpaired) electrons. The molecule has 0 amide bonds. The lowest BCUT2D eigenvalue weighted by Crippen LogP contribution is -2.37. The fourth-order valence-electron chi connectivity index (χ4n) is 2.61. The van der Waals surface area contributed by atoms with Gasteiger partial charge in [0.05, 0.1) is 19.7 Å². The Morgan fingerprint density at radius 2 is 2.07 bits per heavy atom. The summed E-state index contributed by atoms with van der Waals surface area (Å²) in [6, 6.07) is 6.29. The maximum absolute atomic E-state index is 6.02. The monoisotopic (exact) mass is 372 g/mol. The molecule has 0 aliphatic rings. The van der Waals surface area contributed by atoms with Gasteiger partial charge in [-0.2, -0.15) is 5.10 Å². The van der Waals surface area contributed by atoms with E-state index < -0.39 is 0 Å². The van der Waals surface area contributed by atoms with Gasteiger partial charge in [-0.1, -0.05) is 31.9 Å². The lowest BCUT2D eigenvalue weighted by atomic mass is 10.1. The van der Waals surface area contributed by atoms with Gasteiger partial charge in [0.1, 0.15) is 17.9 Å². The fraction of sp³-hybridized carbons (Fsp3) is 0.550. The Bertz CT molecular complexity index is 725. The summed E-state index contributed by atoms with van der Waals surface area (Å²) in [5, 5.41) is 10.7. The third-order valence-corrected chi connectivity index (χ3v) is 4.20. The molecule has 0 fully saturated rings. The highest BCUT2D eigenvalue weighted by Gasteiger charge is 2.06. The topological polar surface area (TPSA) is 76.4 Å². The second kappa shape index (κ2) is 11.2. The van der Waals surface area contributed by atoms with E-state index in [1.165, 1.54) is 18.4 Å². The smallest absolute Gasteiger partial charge is 0.191 e. The zero-order chi connectivity index (χ0) is 19.5. The summed E-state index contributed by atoms with van der Waals surface area (Å²) in [6.45, 7) is 8.99. The molecule has 0 atom stereocenters. The first-order chi connectivity index (χ1) is 13.1. The molecule has 0 saturated heterocycles. The van der Waals surface area contributed by atoms with E-state index in [0.29, 0.717) is 13.1 Å². The molecule has 0 aliphatic heterocycles. The van der Waals surface area contributed by atoms with Crippen molar-refractivity contribution in [3.63, 3.8) is 0 Å². The van der Waals surface area contributed by atoms with Crippen molar-refractivity contribution in [2.75, 3.05) is 13.2 Å². The summed E-state index contributed by atoms with van der Waals surface area (Å²) < 4.78 is 7.76. The average Bonchev–Trinajstić information content (AvgIpc) is 3.07. The molecule has 0 spiro atoms. The molecule has 0 bridgehead atoms. The molecule has 27 heavy (non-hydrogen) atoms. The predicted molar refractivity (Wildman–Crippen MR) is 109 cm³/mol. The van der Waals surface area contributed by atoms with Crippen molar-refractivity contribution < 1.29 is 4.74 Å². The van der Waals surface area contributed by atoms with Crippen LogP contribution in [0, 0.1) is 6.92 Å². The summed E-state index contributed by atoms with van der Waals surface area (Å²) in [6.07, 6.45) is 5.01. The lowest BCUT2D eigenvalue weighted by Gasteiger charge is -2.13. The van der Waals surface area contributed by atoms with Crippen LogP contribution in [0.1, 0.15) is 50.1 Å². The number of aryl methyl sites for hydroxylation is 2. The van der Waals surface area contributed by atoms with Crippen molar-refractivity contribution in [3.8, 4) is 5.75 Å². The first-order valence-corrected chi connectivity index (χ1v) is 9.71. The number of hydrogen-bond acceptors (Lipinski definition) is 4. The Balaban J connectivity index is 2.02. The molecule has 0 saturated carbocycles. The number of guanidine groups is 1. The molecule has 2 N–H and O–H groups in total. The third-order valence-electron chi connectivity index (χ3n) is 4.20. The minimum absolute atomic E-state index is 0.553. The zero-order valence-corrected chi connectivity index (χ0v) is 17.0. The Kier molecular flexibility index (Phi) is 8.61. The van der Waals surface area contributed by atoms with Crippen molar-refractivity contribution in [1.29, 1.82) is 0 Å². The predicted octanol–water partition coefficient (Wildman–Crippen LogP) is 2.95. The number of nitrogens with zero attached hydrogens (tertiary/aromatic N) is 4. The van der Waals surface area contributed by atoms with E-state index in [2.05, 4.69) is 52.8 Å². The van der Waals surface area contributed by atoms with E-state index in [1.807, 2.05) is 14.0 Å². The second-order valence-electron chi connectivity index (χ2n) is 6.52. The van der Waals surface area contributed by atoms with Gasteiger partial charge in [-0.25, -0.2) is 9.98 Å². The van der Waals surface area contributed by atoms with E-state index in [9.17, 15) is 0 Å². The van der Waals surface area contributed by atoms with Gasteiger partial charge in [0.15, 0.2) is 5.96 Å². The van der Waals surface area contributed by atoms with E-state index in [-0.39, 0.29) is 0 Å². The van der Waals surface area contributed by atoms with Crippen LogP contribution >= 0.6 is 0 Å². The quantitative estimate of drug-likeness (QED) is 0.381. The molecule has 2 rings (SSSR count). The van der Waals surface area contributed by atoms with Gasteiger partial charge in [0.25, 0.3) is 0 Å². The first-order valence-electron chi connectivity index (χ1n) is 9.71. The molecule has 1 heterocycles. The van der Waals surface area contributed by atoms with Crippen molar-refractivity contribution in [1.82, 2.24) is 25.4 Å². The highest BCUT2D eigenvalue weighted by atomic mass is 16.5. The number of nitrogens with one attached hydrogen (secondary N) is 2. The van der Waals surface area contributed by atoms with Gasteiger partial charge >= 0.3 is 0 Å². The molecule has 1 aromatic carbocycles. The summed E-state index contributed by atoms with van der Waals surface area (Å²) >= 11 is 0. The first kappa shape index (κ1) is 20.7. The molecular formula is C20H32N6O. The Labute approximate surface area is 162 Å². The highest BCUT2D eigenvalue weighted by molar-refractivity contribution is 5.79. The van der Waals surface area contributed by atoms with Crippen LogP contribution in [0.25, 0.3) is 0 Å². The number of aromatic nitrogens is 3. The number of ether oxygens (including phenoxy) is 1. The van der Waals surface area contributed by atoms with Crippen molar-refractivity contribution in [2.45, 2.75) is 53.1 Å². The fourth-order valence-corrected chi connectivity index (χ4v) is 2.61. The highest BCUT2D eigenvalue weighted by Crippen LogP contribution is 2.21. The third kappa shape index (κ3) is 6.92. The minimum atomic E-state index is 0.553. The Morgan fingerprint density at radius 1 is 1.22 bits per heavy atom. The SMILES string of the molecule is CCCCCOc1cc(C)ccc1CN=C(NCC)NCc1ncnn1C.